The Morgan fingerprint density at radius 1 is 1.11 bits per heavy atom. The molecular formula is C19H21ClN2O5. The van der Waals surface area contributed by atoms with E-state index in [-0.39, 0.29) is 31.1 Å². The summed E-state index contributed by atoms with van der Waals surface area (Å²) in [5.41, 5.74) is 1.08. The van der Waals surface area contributed by atoms with Gasteiger partial charge in [-0.15, -0.1) is 0 Å². The van der Waals surface area contributed by atoms with Gasteiger partial charge in [0.15, 0.2) is 0 Å². The molecule has 144 valence electrons. The van der Waals surface area contributed by atoms with Crippen LogP contribution in [-0.2, 0) is 20.8 Å². The number of esters is 1. The first kappa shape index (κ1) is 20.7. The number of ether oxygens (including phenoxy) is 3. The summed E-state index contributed by atoms with van der Waals surface area (Å²) in [4.78, 5) is 30.3. The highest BCUT2D eigenvalue weighted by molar-refractivity contribution is 6.30. The first-order valence-corrected chi connectivity index (χ1v) is 8.60. The highest BCUT2D eigenvalue weighted by atomic mass is 35.5. The van der Waals surface area contributed by atoms with E-state index in [0.29, 0.717) is 11.6 Å². The molecule has 2 aromatic rings. The summed E-state index contributed by atoms with van der Waals surface area (Å²) < 4.78 is 15.2. The SMILES string of the molecule is COCCOc1ncccc1C(=O)N(CC(=O)OC)Cc1ccc(Cl)cc1. The van der Waals surface area contributed by atoms with E-state index < -0.39 is 11.9 Å². The predicted molar refractivity (Wildman–Crippen MR) is 99.8 cm³/mol. The molecule has 1 aromatic heterocycles. The van der Waals surface area contributed by atoms with Crippen LogP contribution >= 0.6 is 11.6 Å². The third-order valence-corrected chi connectivity index (χ3v) is 3.90. The topological polar surface area (TPSA) is 78.0 Å². The van der Waals surface area contributed by atoms with Crippen molar-refractivity contribution >= 4 is 23.5 Å². The molecule has 0 aliphatic heterocycles. The molecule has 0 saturated heterocycles. The maximum absolute atomic E-state index is 13.1. The molecule has 0 unspecified atom stereocenters. The molecule has 0 aliphatic carbocycles. The Hall–Kier alpha value is -2.64. The molecule has 0 aliphatic rings. The lowest BCUT2D eigenvalue weighted by Gasteiger charge is -2.22. The monoisotopic (exact) mass is 392 g/mol. The van der Waals surface area contributed by atoms with Crippen molar-refractivity contribution in [3.63, 3.8) is 0 Å². The van der Waals surface area contributed by atoms with E-state index in [0.717, 1.165) is 5.56 Å². The standard InChI is InChI=1S/C19H21ClN2O5/c1-25-10-11-27-18-16(4-3-9-21-18)19(24)22(13-17(23)26-2)12-14-5-7-15(20)8-6-14/h3-9H,10-13H2,1-2H3. The van der Waals surface area contributed by atoms with Crippen LogP contribution in [0.25, 0.3) is 0 Å². The van der Waals surface area contributed by atoms with E-state index in [1.807, 2.05) is 0 Å². The summed E-state index contributed by atoms with van der Waals surface area (Å²) in [6.07, 6.45) is 1.53. The van der Waals surface area contributed by atoms with Crippen LogP contribution in [0, 0.1) is 0 Å². The third kappa shape index (κ3) is 6.23. The second-order valence-corrected chi connectivity index (χ2v) is 6.00. The number of carbonyl (C=O) groups is 2. The lowest BCUT2D eigenvalue weighted by atomic mass is 10.1. The fourth-order valence-electron chi connectivity index (χ4n) is 2.29. The van der Waals surface area contributed by atoms with Crippen LogP contribution in [0.1, 0.15) is 15.9 Å². The maximum Gasteiger partial charge on any atom is 0.325 e. The van der Waals surface area contributed by atoms with Gasteiger partial charge < -0.3 is 19.1 Å². The van der Waals surface area contributed by atoms with Crippen molar-refractivity contribution in [3.05, 3.63) is 58.7 Å². The summed E-state index contributed by atoms with van der Waals surface area (Å²) in [6.45, 7) is 0.616. The lowest BCUT2D eigenvalue weighted by Crippen LogP contribution is -2.36. The van der Waals surface area contributed by atoms with Gasteiger partial charge in [0.05, 0.1) is 13.7 Å². The molecule has 1 amide bonds. The van der Waals surface area contributed by atoms with Gasteiger partial charge in [-0.2, -0.15) is 0 Å². The number of nitrogens with zero attached hydrogens (tertiary/aromatic N) is 2. The molecule has 1 aromatic carbocycles. The van der Waals surface area contributed by atoms with Crippen molar-refractivity contribution in [1.29, 1.82) is 0 Å². The molecule has 0 fully saturated rings. The van der Waals surface area contributed by atoms with Crippen molar-refractivity contribution in [2.45, 2.75) is 6.54 Å². The summed E-state index contributed by atoms with van der Waals surface area (Å²) >= 11 is 5.90. The fourth-order valence-corrected chi connectivity index (χ4v) is 2.42. The Kier molecular flexibility index (Phi) is 8.03. The number of rotatable bonds is 9. The van der Waals surface area contributed by atoms with Gasteiger partial charge in [-0.3, -0.25) is 9.59 Å². The molecule has 0 saturated carbocycles. The zero-order valence-corrected chi connectivity index (χ0v) is 15.9. The van der Waals surface area contributed by atoms with Crippen LogP contribution in [-0.4, -0.2) is 55.7 Å². The normalized spacial score (nSPS) is 10.3. The smallest absolute Gasteiger partial charge is 0.325 e. The van der Waals surface area contributed by atoms with Gasteiger partial charge in [0.1, 0.15) is 18.7 Å². The lowest BCUT2D eigenvalue weighted by molar-refractivity contribution is -0.141. The molecule has 2 rings (SSSR count). The van der Waals surface area contributed by atoms with Crippen LogP contribution in [0.3, 0.4) is 0 Å². The molecule has 0 spiro atoms. The second kappa shape index (κ2) is 10.5. The van der Waals surface area contributed by atoms with Gasteiger partial charge >= 0.3 is 5.97 Å². The quantitative estimate of drug-likeness (QED) is 0.482. The number of halogens is 1. The van der Waals surface area contributed by atoms with Crippen molar-refractivity contribution in [1.82, 2.24) is 9.88 Å². The van der Waals surface area contributed by atoms with Crippen LogP contribution < -0.4 is 4.74 Å². The van der Waals surface area contributed by atoms with E-state index >= 15 is 0 Å². The van der Waals surface area contributed by atoms with Crippen molar-refractivity contribution in [2.75, 3.05) is 34.0 Å². The Labute approximate surface area is 162 Å². The minimum absolute atomic E-state index is 0.186. The fraction of sp³-hybridized carbons (Fsp3) is 0.316. The Bertz CT molecular complexity index is 767. The highest BCUT2D eigenvalue weighted by Crippen LogP contribution is 2.19. The van der Waals surface area contributed by atoms with Gasteiger partial charge in [-0.1, -0.05) is 23.7 Å². The molecule has 0 bridgehead atoms. The Balaban J connectivity index is 2.25. The number of aromatic nitrogens is 1. The summed E-state index contributed by atoms with van der Waals surface area (Å²) in [6, 6.07) is 10.3. The number of carbonyl (C=O) groups excluding carboxylic acids is 2. The molecule has 0 atom stereocenters. The first-order valence-electron chi connectivity index (χ1n) is 8.22. The molecule has 27 heavy (non-hydrogen) atoms. The summed E-state index contributed by atoms with van der Waals surface area (Å²) in [5.74, 6) is -0.732. The van der Waals surface area contributed by atoms with Gasteiger partial charge in [-0.25, -0.2) is 4.98 Å². The molecular weight excluding hydrogens is 372 g/mol. The van der Waals surface area contributed by atoms with Gasteiger partial charge in [0, 0.05) is 24.9 Å². The van der Waals surface area contributed by atoms with Gasteiger partial charge in [0.25, 0.3) is 5.91 Å². The predicted octanol–water partition coefficient (Wildman–Crippen LogP) is 2.58. The summed E-state index contributed by atoms with van der Waals surface area (Å²) in [7, 11) is 2.83. The summed E-state index contributed by atoms with van der Waals surface area (Å²) in [5, 5.41) is 0.589. The number of benzene rings is 1. The maximum atomic E-state index is 13.1. The van der Waals surface area contributed by atoms with E-state index in [2.05, 4.69) is 4.98 Å². The number of amides is 1. The van der Waals surface area contributed by atoms with Gasteiger partial charge in [0.2, 0.25) is 5.88 Å². The second-order valence-electron chi connectivity index (χ2n) is 5.56. The average Bonchev–Trinajstić information content (AvgIpc) is 2.69. The van der Waals surface area contributed by atoms with Gasteiger partial charge in [-0.05, 0) is 29.8 Å². The molecule has 7 nitrogen and oxygen atoms in total. The Morgan fingerprint density at radius 3 is 2.52 bits per heavy atom. The van der Waals surface area contributed by atoms with Crippen LogP contribution in [0.5, 0.6) is 5.88 Å². The Morgan fingerprint density at radius 2 is 1.85 bits per heavy atom. The largest absolute Gasteiger partial charge is 0.475 e. The minimum Gasteiger partial charge on any atom is -0.475 e. The molecule has 1 heterocycles. The van der Waals surface area contributed by atoms with Crippen LogP contribution in [0.4, 0.5) is 0 Å². The highest BCUT2D eigenvalue weighted by Gasteiger charge is 2.23. The van der Waals surface area contributed by atoms with E-state index in [1.165, 1.54) is 18.2 Å². The molecule has 0 N–H and O–H groups in total. The number of hydrogen-bond acceptors (Lipinski definition) is 6. The molecule has 8 heteroatoms. The van der Waals surface area contributed by atoms with Crippen molar-refractivity contribution in [2.24, 2.45) is 0 Å². The molecule has 0 radical (unpaired) electrons. The van der Waals surface area contributed by atoms with Crippen LogP contribution in [0.15, 0.2) is 42.6 Å². The van der Waals surface area contributed by atoms with E-state index in [4.69, 9.17) is 25.8 Å². The first-order chi connectivity index (χ1) is 13.0. The van der Waals surface area contributed by atoms with E-state index in [1.54, 1.807) is 43.5 Å². The zero-order chi connectivity index (χ0) is 19.6. The van der Waals surface area contributed by atoms with E-state index in [9.17, 15) is 9.59 Å². The average molecular weight is 393 g/mol. The number of hydrogen-bond donors (Lipinski definition) is 0. The van der Waals surface area contributed by atoms with Crippen molar-refractivity contribution in [3.8, 4) is 5.88 Å². The zero-order valence-electron chi connectivity index (χ0n) is 15.2. The third-order valence-electron chi connectivity index (χ3n) is 3.65. The number of pyridine rings is 1. The number of methoxy groups -OCH3 is 2. The van der Waals surface area contributed by atoms with Crippen LogP contribution in [0.2, 0.25) is 5.02 Å². The minimum atomic E-state index is -0.525. The van der Waals surface area contributed by atoms with Crippen molar-refractivity contribution < 1.29 is 23.8 Å².